The number of aliphatic hydroxyl groups is 1. The van der Waals surface area contributed by atoms with Crippen LogP contribution in [0.3, 0.4) is 0 Å². The van der Waals surface area contributed by atoms with Gasteiger partial charge in [-0.25, -0.2) is 4.79 Å². The lowest BCUT2D eigenvalue weighted by atomic mass is 9.84. The Labute approximate surface area is 182 Å². The van der Waals surface area contributed by atoms with E-state index >= 15 is 0 Å². The summed E-state index contributed by atoms with van der Waals surface area (Å²) in [4.78, 5) is 27.9. The fourth-order valence-corrected chi connectivity index (χ4v) is 3.95. The molecule has 31 heavy (non-hydrogen) atoms. The van der Waals surface area contributed by atoms with Gasteiger partial charge in [-0.2, -0.15) is 0 Å². The number of fused-ring (bicyclic) bond motifs is 1. The first-order valence-electron chi connectivity index (χ1n) is 10.4. The Balaban J connectivity index is 2.05. The molecule has 6 heteroatoms. The molecule has 0 saturated heterocycles. The second-order valence-electron chi connectivity index (χ2n) is 7.97. The number of carboxylic acids is 1. The molecule has 3 rings (SSSR count). The van der Waals surface area contributed by atoms with Crippen molar-refractivity contribution in [3.63, 3.8) is 0 Å². The molecule has 0 heterocycles. The minimum atomic E-state index is -1.07. The van der Waals surface area contributed by atoms with Crippen molar-refractivity contribution < 1.29 is 19.8 Å². The number of hydrogen-bond donors (Lipinski definition) is 3. The second-order valence-corrected chi connectivity index (χ2v) is 7.97. The number of allylic oxidation sites excluding steroid dienone is 5. The first-order valence-corrected chi connectivity index (χ1v) is 10.4. The maximum Gasteiger partial charge on any atom is 0.331 e. The molecular formula is C25H28N2O4. The molecule has 0 spiro atoms. The van der Waals surface area contributed by atoms with Crippen LogP contribution in [-0.2, 0) is 11.2 Å². The molecule has 2 atom stereocenters. The summed E-state index contributed by atoms with van der Waals surface area (Å²) in [6.07, 6.45) is 9.09. The summed E-state index contributed by atoms with van der Waals surface area (Å²) in [6, 6.07) is 6.85. The lowest BCUT2D eigenvalue weighted by Crippen LogP contribution is -2.22. The number of carbonyl (C=O) groups is 2. The van der Waals surface area contributed by atoms with Crippen LogP contribution in [0, 0.1) is 5.92 Å². The Kier molecular flexibility index (Phi) is 7.02. The fraction of sp³-hybridized carbons (Fsp3) is 0.320. The van der Waals surface area contributed by atoms with Crippen molar-refractivity contribution in [2.45, 2.75) is 45.1 Å². The van der Waals surface area contributed by atoms with E-state index in [4.69, 9.17) is 10.7 Å². The van der Waals surface area contributed by atoms with E-state index in [0.29, 0.717) is 23.4 Å². The van der Waals surface area contributed by atoms with E-state index in [1.54, 1.807) is 31.2 Å². The molecule has 1 saturated carbocycles. The van der Waals surface area contributed by atoms with Crippen molar-refractivity contribution in [2.24, 2.45) is 16.6 Å². The number of carboxylic acid groups (broad SMARTS) is 1. The summed E-state index contributed by atoms with van der Waals surface area (Å²) in [5.41, 5.74) is 10.0. The highest BCUT2D eigenvalue weighted by atomic mass is 16.4. The van der Waals surface area contributed by atoms with Gasteiger partial charge in [-0.1, -0.05) is 36.9 Å². The molecule has 2 unspecified atom stereocenters. The van der Waals surface area contributed by atoms with Crippen LogP contribution in [-0.4, -0.2) is 33.9 Å². The third-order valence-corrected chi connectivity index (χ3v) is 5.74. The van der Waals surface area contributed by atoms with Crippen molar-refractivity contribution >= 4 is 17.6 Å². The zero-order valence-electron chi connectivity index (χ0n) is 17.7. The van der Waals surface area contributed by atoms with Gasteiger partial charge in [0.05, 0.1) is 23.4 Å². The fourth-order valence-electron chi connectivity index (χ4n) is 3.95. The SMILES string of the molecule is C=C(C(=O)O)C1C=CC=C2CCCCC2=C1N=C(Cc1ccc(C(N)=O)cc1)C(C)O. The average Bonchev–Trinajstić information content (AvgIpc) is 2.92. The lowest BCUT2D eigenvalue weighted by molar-refractivity contribution is -0.133. The molecule has 6 nitrogen and oxygen atoms in total. The van der Waals surface area contributed by atoms with Gasteiger partial charge in [0.1, 0.15) is 0 Å². The number of aliphatic carboxylic acids is 1. The lowest BCUT2D eigenvalue weighted by Gasteiger charge is -2.24. The maximum atomic E-state index is 11.7. The highest BCUT2D eigenvalue weighted by Crippen LogP contribution is 2.38. The summed E-state index contributed by atoms with van der Waals surface area (Å²) < 4.78 is 0. The number of amides is 1. The highest BCUT2D eigenvalue weighted by Gasteiger charge is 2.28. The van der Waals surface area contributed by atoms with E-state index < -0.39 is 23.9 Å². The zero-order chi connectivity index (χ0) is 22.5. The third kappa shape index (κ3) is 5.27. The molecule has 1 aromatic rings. The van der Waals surface area contributed by atoms with Gasteiger partial charge in [0.2, 0.25) is 5.91 Å². The highest BCUT2D eigenvalue weighted by molar-refractivity contribution is 5.94. The van der Waals surface area contributed by atoms with Gasteiger partial charge >= 0.3 is 5.97 Å². The smallest absolute Gasteiger partial charge is 0.331 e. The molecule has 1 aromatic carbocycles. The number of rotatable bonds is 7. The summed E-state index contributed by atoms with van der Waals surface area (Å²) >= 11 is 0. The van der Waals surface area contributed by atoms with Crippen LogP contribution in [0.25, 0.3) is 0 Å². The standard InChI is InChI=1S/C25H28N2O4/c1-15(25(30)31)20-9-5-7-18-6-3-4-8-21(18)23(20)27-22(16(2)28)14-17-10-12-19(13-11-17)24(26)29/h5,7,9-13,16,20,28H,1,3-4,6,8,14H2,2H3,(H2,26,29)(H,30,31). The van der Waals surface area contributed by atoms with Gasteiger partial charge in [0.15, 0.2) is 0 Å². The Morgan fingerprint density at radius 3 is 2.52 bits per heavy atom. The Morgan fingerprint density at radius 1 is 1.23 bits per heavy atom. The first kappa shape index (κ1) is 22.4. The van der Waals surface area contributed by atoms with Gasteiger partial charge in [0, 0.05) is 17.6 Å². The topological polar surface area (TPSA) is 113 Å². The van der Waals surface area contributed by atoms with Crippen molar-refractivity contribution in [1.82, 2.24) is 0 Å². The van der Waals surface area contributed by atoms with Crippen LogP contribution in [0.5, 0.6) is 0 Å². The molecular weight excluding hydrogens is 392 g/mol. The maximum absolute atomic E-state index is 11.7. The van der Waals surface area contributed by atoms with E-state index in [9.17, 15) is 19.8 Å². The summed E-state index contributed by atoms with van der Waals surface area (Å²) in [5, 5.41) is 20.0. The van der Waals surface area contributed by atoms with Crippen LogP contribution >= 0.6 is 0 Å². The van der Waals surface area contributed by atoms with E-state index in [1.807, 2.05) is 18.2 Å². The van der Waals surface area contributed by atoms with Crippen molar-refractivity contribution in [3.05, 3.63) is 82.6 Å². The van der Waals surface area contributed by atoms with Gasteiger partial charge in [-0.05, 0) is 61.4 Å². The zero-order valence-corrected chi connectivity index (χ0v) is 17.7. The molecule has 0 radical (unpaired) electrons. The number of aliphatic hydroxyl groups excluding tert-OH is 1. The van der Waals surface area contributed by atoms with Crippen LogP contribution in [0.1, 0.15) is 48.5 Å². The molecule has 2 aliphatic rings. The van der Waals surface area contributed by atoms with Gasteiger partial charge < -0.3 is 15.9 Å². The van der Waals surface area contributed by atoms with Gasteiger partial charge in [0.25, 0.3) is 0 Å². The van der Waals surface area contributed by atoms with Crippen LogP contribution in [0.15, 0.2) is 76.5 Å². The molecule has 0 aromatic heterocycles. The quantitative estimate of drug-likeness (QED) is 0.461. The monoisotopic (exact) mass is 420 g/mol. The predicted octanol–water partition coefficient (Wildman–Crippen LogP) is 3.73. The first-order chi connectivity index (χ1) is 14.8. The van der Waals surface area contributed by atoms with Crippen LogP contribution in [0.2, 0.25) is 0 Å². The third-order valence-electron chi connectivity index (χ3n) is 5.74. The van der Waals surface area contributed by atoms with E-state index in [2.05, 4.69) is 6.58 Å². The molecule has 0 aliphatic heterocycles. The Hall–Kier alpha value is -3.25. The van der Waals surface area contributed by atoms with Gasteiger partial charge in [-0.3, -0.25) is 9.79 Å². The Bertz CT molecular complexity index is 1010. The molecule has 4 N–H and O–H groups in total. The minimum absolute atomic E-state index is 0.0541. The average molecular weight is 421 g/mol. The number of benzene rings is 1. The molecule has 0 bridgehead atoms. The van der Waals surface area contributed by atoms with E-state index in [0.717, 1.165) is 42.4 Å². The van der Waals surface area contributed by atoms with E-state index in [-0.39, 0.29) is 5.57 Å². The van der Waals surface area contributed by atoms with Crippen LogP contribution in [0.4, 0.5) is 0 Å². The summed E-state index contributed by atoms with van der Waals surface area (Å²) in [7, 11) is 0. The normalized spacial score (nSPS) is 19.9. The van der Waals surface area contributed by atoms with Gasteiger partial charge in [-0.15, -0.1) is 0 Å². The largest absolute Gasteiger partial charge is 0.478 e. The van der Waals surface area contributed by atoms with Crippen molar-refractivity contribution in [1.29, 1.82) is 0 Å². The van der Waals surface area contributed by atoms with Crippen molar-refractivity contribution in [2.75, 3.05) is 0 Å². The number of nitrogens with zero attached hydrogens (tertiary/aromatic N) is 1. The van der Waals surface area contributed by atoms with E-state index in [1.165, 1.54) is 0 Å². The van der Waals surface area contributed by atoms with Crippen molar-refractivity contribution in [3.8, 4) is 0 Å². The predicted molar refractivity (Wildman–Crippen MR) is 121 cm³/mol. The number of primary amides is 1. The molecule has 1 fully saturated rings. The molecule has 162 valence electrons. The summed E-state index contributed by atoms with van der Waals surface area (Å²) in [5.74, 6) is -2.13. The summed E-state index contributed by atoms with van der Waals surface area (Å²) in [6.45, 7) is 5.43. The number of aliphatic imine (C=N–C) groups is 1. The molecule has 2 aliphatic carbocycles. The van der Waals surface area contributed by atoms with Crippen LogP contribution < -0.4 is 5.73 Å². The number of nitrogens with two attached hydrogens (primary N) is 1. The number of carbonyl (C=O) groups excluding carboxylic acids is 1. The Morgan fingerprint density at radius 2 is 1.90 bits per heavy atom. The minimum Gasteiger partial charge on any atom is -0.478 e. The second kappa shape index (κ2) is 9.71. The molecule has 1 amide bonds. The number of hydrogen-bond acceptors (Lipinski definition) is 4.